The Morgan fingerprint density at radius 1 is 1.05 bits per heavy atom. The van der Waals surface area contributed by atoms with Crippen LogP contribution in [0.2, 0.25) is 0 Å². The van der Waals surface area contributed by atoms with E-state index in [4.69, 9.17) is 11.0 Å². The highest BCUT2D eigenvalue weighted by atomic mass is 32.2. The molecule has 0 radical (unpaired) electrons. The molecule has 2 rings (SSSR count). The summed E-state index contributed by atoms with van der Waals surface area (Å²) in [5.41, 5.74) is 3.31. The first-order valence-electron chi connectivity index (χ1n) is 6.59. The number of hydrogen-bond acceptors (Lipinski definition) is 4. The lowest BCUT2D eigenvalue weighted by Gasteiger charge is -2.18. The first kappa shape index (κ1) is 16.2. The molecule has 7 heteroatoms. The Balaban J connectivity index is 2.50. The third kappa shape index (κ3) is 3.70. The van der Waals surface area contributed by atoms with Gasteiger partial charge in [-0.1, -0.05) is 48.5 Å². The summed E-state index contributed by atoms with van der Waals surface area (Å²) >= 11 is 0. The van der Waals surface area contributed by atoms with E-state index in [-0.39, 0.29) is 4.90 Å². The van der Waals surface area contributed by atoms with Gasteiger partial charge in [0.2, 0.25) is 15.9 Å². The average molecular weight is 319 g/mol. The first-order valence-corrected chi connectivity index (χ1v) is 8.14. The molecule has 1 atom stereocenters. The van der Waals surface area contributed by atoms with Crippen molar-refractivity contribution in [2.45, 2.75) is 17.2 Å². The number of hydrogen-bond donors (Lipinski definition) is 3. The molecule has 0 heterocycles. The molecule has 0 saturated heterocycles. The third-order valence-electron chi connectivity index (χ3n) is 3.34. The molecular formula is C15H17N3O3S. The number of benzene rings is 2. The summed E-state index contributed by atoms with van der Waals surface area (Å²) in [4.78, 5) is 12.1. The van der Waals surface area contributed by atoms with Crippen LogP contribution in [-0.4, -0.2) is 14.3 Å². The molecule has 0 saturated carbocycles. The van der Waals surface area contributed by atoms with Crippen molar-refractivity contribution in [3.05, 3.63) is 65.7 Å². The van der Waals surface area contributed by atoms with Gasteiger partial charge >= 0.3 is 0 Å². The topological polar surface area (TPSA) is 115 Å². The van der Waals surface area contributed by atoms with Gasteiger partial charge in [0.25, 0.3) is 0 Å². The van der Waals surface area contributed by atoms with E-state index in [0.717, 1.165) is 5.56 Å². The molecular weight excluding hydrogens is 302 g/mol. The molecule has 0 aromatic heterocycles. The van der Waals surface area contributed by atoms with E-state index < -0.39 is 21.8 Å². The van der Waals surface area contributed by atoms with Crippen molar-refractivity contribution in [3.63, 3.8) is 0 Å². The molecule has 0 spiro atoms. The van der Waals surface area contributed by atoms with E-state index in [9.17, 15) is 13.2 Å². The minimum atomic E-state index is -3.93. The molecule has 0 fully saturated rings. The van der Waals surface area contributed by atoms with E-state index in [1.54, 1.807) is 18.2 Å². The fourth-order valence-electron chi connectivity index (χ4n) is 2.32. The molecule has 0 bridgehead atoms. The van der Waals surface area contributed by atoms with E-state index in [2.05, 4.69) is 5.43 Å². The largest absolute Gasteiger partial charge is 0.294 e. The summed E-state index contributed by atoms with van der Waals surface area (Å²) in [6, 6.07) is 15.4. The quantitative estimate of drug-likeness (QED) is 0.426. The Morgan fingerprint density at radius 3 is 2.23 bits per heavy atom. The van der Waals surface area contributed by atoms with Gasteiger partial charge in [0.05, 0.1) is 10.8 Å². The summed E-state index contributed by atoms with van der Waals surface area (Å²) < 4.78 is 23.5. The number of nitrogens with two attached hydrogens (primary N) is 2. The number of carbonyl (C=O) groups is 1. The molecule has 0 aliphatic heterocycles. The number of primary sulfonamides is 1. The SMILES string of the molecule is NNC(=O)C(Cc1ccccc1)c1ccccc1S(N)(=O)=O. The van der Waals surface area contributed by atoms with E-state index in [1.165, 1.54) is 6.07 Å². The summed E-state index contributed by atoms with van der Waals surface area (Å²) in [7, 11) is -3.93. The molecule has 5 N–H and O–H groups in total. The normalized spacial score (nSPS) is 12.6. The zero-order chi connectivity index (χ0) is 16.2. The van der Waals surface area contributed by atoms with Gasteiger partial charge in [-0.05, 0) is 23.6 Å². The number of rotatable bonds is 5. The van der Waals surface area contributed by atoms with Crippen LogP contribution in [0.3, 0.4) is 0 Å². The molecule has 0 aliphatic carbocycles. The van der Waals surface area contributed by atoms with Gasteiger partial charge < -0.3 is 0 Å². The van der Waals surface area contributed by atoms with Crippen molar-refractivity contribution >= 4 is 15.9 Å². The van der Waals surface area contributed by atoms with Gasteiger partial charge in [-0.2, -0.15) is 0 Å². The molecule has 0 aliphatic rings. The summed E-state index contributed by atoms with van der Waals surface area (Å²) in [5.74, 6) is 4.02. The highest BCUT2D eigenvalue weighted by Crippen LogP contribution is 2.26. The standard InChI is InChI=1S/C15H17N3O3S/c16-18-15(19)13(10-11-6-2-1-3-7-11)12-8-4-5-9-14(12)22(17,20)21/h1-9,13H,10,16H2,(H,18,19)(H2,17,20,21). The molecule has 1 unspecified atom stereocenters. The van der Waals surface area contributed by atoms with Gasteiger partial charge in [0.15, 0.2) is 0 Å². The second-order valence-electron chi connectivity index (χ2n) is 4.83. The van der Waals surface area contributed by atoms with Crippen LogP contribution in [0.15, 0.2) is 59.5 Å². The van der Waals surface area contributed by atoms with Crippen molar-refractivity contribution in [2.75, 3.05) is 0 Å². The van der Waals surface area contributed by atoms with Gasteiger partial charge in [0.1, 0.15) is 0 Å². The number of hydrazine groups is 1. The Kier molecular flexibility index (Phi) is 4.92. The van der Waals surface area contributed by atoms with Crippen LogP contribution in [0.4, 0.5) is 0 Å². The lowest BCUT2D eigenvalue weighted by Crippen LogP contribution is -2.36. The van der Waals surface area contributed by atoms with E-state index in [1.807, 2.05) is 30.3 Å². The minimum absolute atomic E-state index is 0.0699. The Bertz CT molecular complexity index is 761. The maximum atomic E-state index is 12.1. The fourth-order valence-corrected chi connectivity index (χ4v) is 3.13. The van der Waals surface area contributed by atoms with E-state index >= 15 is 0 Å². The zero-order valence-electron chi connectivity index (χ0n) is 11.8. The molecule has 1 amide bonds. The summed E-state index contributed by atoms with van der Waals surface area (Å²) in [6.45, 7) is 0. The maximum Gasteiger partial charge on any atom is 0.241 e. The lowest BCUT2D eigenvalue weighted by molar-refractivity contribution is -0.122. The molecule has 22 heavy (non-hydrogen) atoms. The number of nitrogens with one attached hydrogen (secondary N) is 1. The van der Waals surface area contributed by atoms with Crippen LogP contribution in [-0.2, 0) is 21.2 Å². The Labute approximate surface area is 129 Å². The van der Waals surface area contributed by atoms with Crippen molar-refractivity contribution in [3.8, 4) is 0 Å². The monoisotopic (exact) mass is 319 g/mol. The van der Waals surface area contributed by atoms with Crippen LogP contribution in [0.1, 0.15) is 17.0 Å². The summed E-state index contributed by atoms with van der Waals surface area (Å²) in [5, 5.41) is 5.24. The molecule has 2 aromatic rings. The summed E-state index contributed by atoms with van der Waals surface area (Å²) in [6.07, 6.45) is 0.316. The Morgan fingerprint density at radius 2 is 1.64 bits per heavy atom. The van der Waals surface area contributed by atoms with Gasteiger partial charge in [-0.25, -0.2) is 19.4 Å². The lowest BCUT2D eigenvalue weighted by atomic mass is 9.91. The molecule has 6 nitrogen and oxygen atoms in total. The maximum absolute atomic E-state index is 12.1. The highest BCUT2D eigenvalue weighted by Gasteiger charge is 2.26. The van der Waals surface area contributed by atoms with E-state index in [0.29, 0.717) is 12.0 Å². The predicted octanol–water partition coefficient (Wildman–Crippen LogP) is 0.650. The molecule has 116 valence electrons. The smallest absolute Gasteiger partial charge is 0.241 e. The van der Waals surface area contributed by atoms with Crippen molar-refractivity contribution in [1.82, 2.24) is 5.43 Å². The van der Waals surface area contributed by atoms with Crippen LogP contribution in [0, 0.1) is 0 Å². The fraction of sp³-hybridized carbons (Fsp3) is 0.133. The van der Waals surface area contributed by atoms with Crippen LogP contribution in [0.25, 0.3) is 0 Å². The van der Waals surface area contributed by atoms with Crippen molar-refractivity contribution in [1.29, 1.82) is 0 Å². The van der Waals surface area contributed by atoms with Gasteiger partial charge in [-0.15, -0.1) is 0 Å². The van der Waals surface area contributed by atoms with Crippen LogP contribution < -0.4 is 16.4 Å². The van der Waals surface area contributed by atoms with Gasteiger partial charge in [-0.3, -0.25) is 10.2 Å². The van der Waals surface area contributed by atoms with Crippen molar-refractivity contribution < 1.29 is 13.2 Å². The number of amides is 1. The predicted molar refractivity (Wildman–Crippen MR) is 83.0 cm³/mol. The third-order valence-corrected chi connectivity index (χ3v) is 4.33. The number of sulfonamides is 1. The van der Waals surface area contributed by atoms with Crippen LogP contribution >= 0.6 is 0 Å². The average Bonchev–Trinajstić information content (AvgIpc) is 2.52. The zero-order valence-corrected chi connectivity index (χ0v) is 12.6. The number of carbonyl (C=O) groups excluding carboxylic acids is 1. The first-order chi connectivity index (χ1) is 10.4. The van der Waals surface area contributed by atoms with Crippen molar-refractivity contribution in [2.24, 2.45) is 11.0 Å². The van der Waals surface area contributed by atoms with Gasteiger partial charge in [0, 0.05) is 0 Å². The van der Waals surface area contributed by atoms with Crippen LogP contribution in [0.5, 0.6) is 0 Å². The minimum Gasteiger partial charge on any atom is -0.294 e. The molecule has 2 aromatic carbocycles. The second kappa shape index (κ2) is 6.69. The highest BCUT2D eigenvalue weighted by molar-refractivity contribution is 7.89. The second-order valence-corrected chi connectivity index (χ2v) is 6.36. The Hall–Kier alpha value is -2.22.